The van der Waals surface area contributed by atoms with Crippen molar-refractivity contribution in [1.29, 1.82) is 0 Å². The fourth-order valence-corrected chi connectivity index (χ4v) is 3.77. The lowest BCUT2D eigenvalue weighted by molar-refractivity contribution is 0.185. The van der Waals surface area contributed by atoms with Gasteiger partial charge in [-0.25, -0.2) is 4.68 Å². The molecular weight excluding hydrogens is 318 g/mol. The molecule has 1 aliphatic heterocycles. The minimum atomic E-state index is 0.638. The van der Waals surface area contributed by atoms with E-state index in [1.54, 1.807) is 11.3 Å². The van der Waals surface area contributed by atoms with Gasteiger partial charge in [0, 0.05) is 31.5 Å². The van der Waals surface area contributed by atoms with Crippen molar-refractivity contribution >= 4 is 11.3 Å². The molecule has 24 heavy (non-hydrogen) atoms. The highest BCUT2D eigenvalue weighted by atomic mass is 32.1. The van der Waals surface area contributed by atoms with Crippen molar-refractivity contribution in [2.24, 2.45) is 5.92 Å². The Hall–Kier alpha value is -1.95. The van der Waals surface area contributed by atoms with E-state index >= 15 is 0 Å². The quantitative estimate of drug-likeness (QED) is 0.744. The fraction of sp³-hybridized carbons (Fsp3) is 0.316. The van der Waals surface area contributed by atoms with Gasteiger partial charge in [-0.2, -0.15) is 5.10 Å². The third-order valence-corrected chi connectivity index (χ3v) is 5.21. The van der Waals surface area contributed by atoms with Crippen LogP contribution in [0.5, 0.6) is 0 Å². The third-order valence-electron chi connectivity index (χ3n) is 4.34. The molecule has 1 fully saturated rings. The van der Waals surface area contributed by atoms with Crippen LogP contribution in [0.25, 0.3) is 16.3 Å². The van der Waals surface area contributed by atoms with Gasteiger partial charge < -0.3 is 10.1 Å². The molecule has 1 aliphatic rings. The summed E-state index contributed by atoms with van der Waals surface area (Å²) in [7, 11) is 0. The summed E-state index contributed by atoms with van der Waals surface area (Å²) >= 11 is 1.73. The van der Waals surface area contributed by atoms with Crippen molar-refractivity contribution in [3.05, 3.63) is 59.6 Å². The number of nitrogens with zero attached hydrogens (tertiary/aromatic N) is 2. The molecule has 1 N–H and O–H groups in total. The van der Waals surface area contributed by atoms with E-state index in [9.17, 15) is 0 Å². The standard InChI is InChI=1S/C19H21N3OS/c1-2-5-17(6-3-1)22-13-16(12-20-11-15-8-9-23-14-15)19(21-22)18-7-4-10-24-18/h1-7,10,13,15,20H,8-9,11-12,14H2/t15-/m0/s1. The Morgan fingerprint density at radius 1 is 1.21 bits per heavy atom. The summed E-state index contributed by atoms with van der Waals surface area (Å²) in [6, 6.07) is 14.5. The summed E-state index contributed by atoms with van der Waals surface area (Å²) in [5.74, 6) is 0.638. The molecule has 0 unspecified atom stereocenters. The lowest BCUT2D eigenvalue weighted by Gasteiger charge is -2.08. The van der Waals surface area contributed by atoms with Gasteiger partial charge in [-0.05, 0) is 35.9 Å². The number of para-hydroxylation sites is 1. The topological polar surface area (TPSA) is 39.1 Å². The molecule has 124 valence electrons. The van der Waals surface area contributed by atoms with Crippen molar-refractivity contribution in [3.63, 3.8) is 0 Å². The van der Waals surface area contributed by atoms with Crippen LogP contribution in [0.3, 0.4) is 0 Å². The highest BCUT2D eigenvalue weighted by molar-refractivity contribution is 7.13. The number of hydrogen-bond donors (Lipinski definition) is 1. The molecule has 0 saturated carbocycles. The Morgan fingerprint density at radius 2 is 2.12 bits per heavy atom. The maximum atomic E-state index is 5.45. The molecular formula is C19H21N3OS. The van der Waals surface area contributed by atoms with Gasteiger partial charge in [0.15, 0.2) is 0 Å². The van der Waals surface area contributed by atoms with E-state index in [0.717, 1.165) is 44.1 Å². The molecule has 0 spiro atoms. The number of rotatable bonds is 6. The number of hydrogen-bond acceptors (Lipinski definition) is 4. The van der Waals surface area contributed by atoms with Gasteiger partial charge in [-0.15, -0.1) is 11.3 Å². The third kappa shape index (κ3) is 3.43. The zero-order chi connectivity index (χ0) is 16.2. The molecule has 1 atom stereocenters. The van der Waals surface area contributed by atoms with Crippen LogP contribution in [-0.4, -0.2) is 29.5 Å². The highest BCUT2D eigenvalue weighted by Gasteiger charge is 2.17. The van der Waals surface area contributed by atoms with Crippen molar-refractivity contribution in [3.8, 4) is 16.3 Å². The van der Waals surface area contributed by atoms with Gasteiger partial charge in [-0.3, -0.25) is 0 Å². The molecule has 0 aliphatic carbocycles. The zero-order valence-electron chi connectivity index (χ0n) is 13.5. The predicted octanol–water partition coefficient (Wildman–Crippen LogP) is 3.73. The first-order chi connectivity index (χ1) is 11.9. The lowest BCUT2D eigenvalue weighted by atomic mass is 10.1. The zero-order valence-corrected chi connectivity index (χ0v) is 14.3. The van der Waals surface area contributed by atoms with E-state index in [4.69, 9.17) is 9.84 Å². The Labute approximate surface area is 146 Å². The van der Waals surface area contributed by atoms with Gasteiger partial charge in [0.05, 0.1) is 17.2 Å². The molecule has 1 aromatic carbocycles. The largest absolute Gasteiger partial charge is 0.381 e. The predicted molar refractivity (Wildman–Crippen MR) is 97.5 cm³/mol. The second-order valence-corrected chi connectivity index (χ2v) is 7.07. The van der Waals surface area contributed by atoms with E-state index in [2.05, 4.69) is 41.2 Å². The van der Waals surface area contributed by atoms with Crippen LogP contribution < -0.4 is 5.32 Å². The first-order valence-corrected chi connectivity index (χ1v) is 9.24. The van der Waals surface area contributed by atoms with Crippen LogP contribution in [0.1, 0.15) is 12.0 Å². The van der Waals surface area contributed by atoms with Gasteiger partial charge in [0.1, 0.15) is 5.69 Å². The van der Waals surface area contributed by atoms with Crippen molar-refractivity contribution in [1.82, 2.24) is 15.1 Å². The molecule has 4 nitrogen and oxygen atoms in total. The average molecular weight is 339 g/mol. The average Bonchev–Trinajstić information content (AvgIpc) is 3.37. The first kappa shape index (κ1) is 15.6. The lowest BCUT2D eigenvalue weighted by Crippen LogP contribution is -2.22. The van der Waals surface area contributed by atoms with E-state index in [1.807, 2.05) is 22.9 Å². The van der Waals surface area contributed by atoms with Crippen molar-refractivity contribution in [2.75, 3.05) is 19.8 Å². The summed E-state index contributed by atoms with van der Waals surface area (Å²) < 4.78 is 7.43. The number of ether oxygens (including phenoxy) is 1. The smallest absolute Gasteiger partial charge is 0.107 e. The van der Waals surface area contributed by atoms with Gasteiger partial charge in [-0.1, -0.05) is 24.3 Å². The Morgan fingerprint density at radius 3 is 2.88 bits per heavy atom. The molecule has 5 heteroatoms. The van der Waals surface area contributed by atoms with Gasteiger partial charge >= 0.3 is 0 Å². The van der Waals surface area contributed by atoms with Crippen LogP contribution in [-0.2, 0) is 11.3 Å². The normalized spacial score (nSPS) is 17.4. The van der Waals surface area contributed by atoms with Crippen molar-refractivity contribution < 1.29 is 4.74 Å². The summed E-state index contributed by atoms with van der Waals surface area (Å²) in [6.45, 7) is 3.61. The number of benzene rings is 1. The van der Waals surface area contributed by atoms with Gasteiger partial charge in [0.25, 0.3) is 0 Å². The Bertz CT molecular complexity index is 761. The Balaban J connectivity index is 1.55. The van der Waals surface area contributed by atoms with Crippen LogP contribution in [0, 0.1) is 5.92 Å². The van der Waals surface area contributed by atoms with Crippen LogP contribution in [0.15, 0.2) is 54.0 Å². The minimum absolute atomic E-state index is 0.638. The molecule has 1 saturated heterocycles. The number of nitrogens with one attached hydrogen (secondary N) is 1. The highest BCUT2D eigenvalue weighted by Crippen LogP contribution is 2.27. The second-order valence-electron chi connectivity index (χ2n) is 6.12. The molecule has 0 amide bonds. The van der Waals surface area contributed by atoms with Crippen LogP contribution in [0.4, 0.5) is 0 Å². The maximum absolute atomic E-state index is 5.45. The molecule has 0 bridgehead atoms. The van der Waals surface area contributed by atoms with E-state index in [1.165, 1.54) is 10.4 Å². The minimum Gasteiger partial charge on any atom is -0.381 e. The van der Waals surface area contributed by atoms with E-state index in [-0.39, 0.29) is 0 Å². The maximum Gasteiger partial charge on any atom is 0.107 e. The molecule has 0 radical (unpaired) electrons. The number of aromatic nitrogens is 2. The fourth-order valence-electron chi connectivity index (χ4n) is 3.03. The molecule has 2 aromatic heterocycles. The first-order valence-electron chi connectivity index (χ1n) is 8.36. The summed E-state index contributed by atoms with van der Waals surface area (Å²) in [6.07, 6.45) is 3.30. The monoisotopic (exact) mass is 339 g/mol. The molecule has 4 rings (SSSR count). The van der Waals surface area contributed by atoms with E-state index < -0.39 is 0 Å². The Kier molecular flexibility index (Phi) is 4.74. The van der Waals surface area contributed by atoms with Gasteiger partial charge in [0.2, 0.25) is 0 Å². The van der Waals surface area contributed by atoms with Crippen LogP contribution >= 0.6 is 11.3 Å². The SMILES string of the molecule is c1ccc(-n2cc(CNC[C@@H]3CCOC3)c(-c3cccs3)n2)cc1. The van der Waals surface area contributed by atoms with E-state index in [0.29, 0.717) is 5.92 Å². The second kappa shape index (κ2) is 7.30. The summed E-state index contributed by atoms with van der Waals surface area (Å²) in [4.78, 5) is 1.21. The summed E-state index contributed by atoms with van der Waals surface area (Å²) in [5, 5.41) is 10.5. The number of thiophene rings is 1. The summed E-state index contributed by atoms with van der Waals surface area (Å²) in [5.41, 5.74) is 3.40. The molecule has 3 aromatic rings. The van der Waals surface area contributed by atoms with Crippen LogP contribution in [0.2, 0.25) is 0 Å². The van der Waals surface area contributed by atoms with Crippen molar-refractivity contribution in [2.45, 2.75) is 13.0 Å². The molecule has 3 heterocycles.